The Morgan fingerprint density at radius 3 is 2.38 bits per heavy atom. The maximum atomic E-state index is 11.3. The summed E-state index contributed by atoms with van der Waals surface area (Å²) in [5.41, 5.74) is 1.17. The van der Waals surface area contributed by atoms with E-state index in [-0.39, 0.29) is 5.70 Å². The molecule has 0 fully saturated rings. The van der Waals surface area contributed by atoms with Crippen LogP contribution in [0.1, 0.15) is 11.1 Å². The Kier molecular flexibility index (Phi) is 4.56. The third-order valence-electron chi connectivity index (χ3n) is 3.00. The molecule has 2 aromatic rings. The fourth-order valence-corrected chi connectivity index (χ4v) is 1.94. The van der Waals surface area contributed by atoms with Gasteiger partial charge in [0.1, 0.15) is 11.5 Å². The lowest BCUT2D eigenvalue weighted by Gasteiger charge is -2.07. The highest BCUT2D eigenvalue weighted by molar-refractivity contribution is 5.78. The minimum Gasteiger partial charge on any atom is -0.497 e. The fourth-order valence-electron chi connectivity index (χ4n) is 1.94. The van der Waals surface area contributed by atoms with Gasteiger partial charge in [-0.05, 0) is 24.3 Å². The number of nitrogens with zero attached hydrogens (tertiary/aromatic N) is 1. The monoisotopic (exact) mass is 285 g/mol. The van der Waals surface area contributed by atoms with E-state index in [4.69, 9.17) is 9.47 Å². The third-order valence-corrected chi connectivity index (χ3v) is 3.00. The average Bonchev–Trinajstić information content (AvgIpc) is 2.53. The maximum Gasteiger partial charge on any atom is 0.277 e. The number of hydrogen-bond acceptors (Lipinski definition) is 4. The van der Waals surface area contributed by atoms with Gasteiger partial charge in [0, 0.05) is 17.7 Å². The van der Waals surface area contributed by atoms with E-state index in [9.17, 15) is 10.1 Å². The van der Waals surface area contributed by atoms with Crippen LogP contribution in [-0.2, 0) is 0 Å². The summed E-state index contributed by atoms with van der Waals surface area (Å²) >= 11 is 0. The Hall–Kier alpha value is -2.82. The van der Waals surface area contributed by atoms with Gasteiger partial charge in [-0.25, -0.2) is 0 Å². The molecule has 108 valence electrons. The first-order valence-electron chi connectivity index (χ1n) is 6.29. The molecule has 0 spiro atoms. The highest BCUT2D eigenvalue weighted by atomic mass is 16.6. The predicted octanol–water partition coefficient (Wildman–Crippen LogP) is 3.48. The van der Waals surface area contributed by atoms with Gasteiger partial charge in [0.15, 0.2) is 0 Å². The molecule has 2 rings (SSSR count). The Labute approximate surface area is 122 Å². The average molecular weight is 285 g/mol. The van der Waals surface area contributed by atoms with Crippen molar-refractivity contribution in [1.82, 2.24) is 0 Å². The lowest BCUT2D eigenvalue weighted by Crippen LogP contribution is -1.98. The number of ether oxygens (including phenoxy) is 2. The van der Waals surface area contributed by atoms with E-state index in [1.807, 2.05) is 6.07 Å². The molecule has 0 aromatic heterocycles. The van der Waals surface area contributed by atoms with Crippen molar-refractivity contribution < 1.29 is 14.4 Å². The molecule has 0 amide bonds. The van der Waals surface area contributed by atoms with Crippen LogP contribution >= 0.6 is 0 Å². The second-order valence-corrected chi connectivity index (χ2v) is 4.26. The Morgan fingerprint density at radius 1 is 1.10 bits per heavy atom. The first-order chi connectivity index (χ1) is 10.2. The maximum absolute atomic E-state index is 11.3. The summed E-state index contributed by atoms with van der Waals surface area (Å²) in [6.07, 6.45) is 1.49. The molecule has 2 aromatic carbocycles. The molecule has 0 aliphatic heterocycles. The van der Waals surface area contributed by atoms with Crippen LogP contribution < -0.4 is 9.47 Å². The van der Waals surface area contributed by atoms with E-state index < -0.39 is 4.92 Å². The molecule has 0 saturated heterocycles. The molecule has 0 N–H and O–H groups in total. The molecule has 0 atom stereocenters. The van der Waals surface area contributed by atoms with Gasteiger partial charge in [0.25, 0.3) is 5.70 Å². The lowest BCUT2D eigenvalue weighted by molar-refractivity contribution is -0.374. The summed E-state index contributed by atoms with van der Waals surface area (Å²) in [5.74, 6) is 1.15. The zero-order chi connectivity index (χ0) is 15.2. The number of nitro groups is 1. The van der Waals surface area contributed by atoms with Gasteiger partial charge in [-0.2, -0.15) is 0 Å². The number of hydrogen-bond donors (Lipinski definition) is 0. The first-order valence-corrected chi connectivity index (χ1v) is 6.29. The molecule has 5 heteroatoms. The molecule has 0 heterocycles. The Bertz CT molecular complexity index is 665. The summed E-state index contributed by atoms with van der Waals surface area (Å²) in [7, 11) is 3.07. The smallest absolute Gasteiger partial charge is 0.277 e. The molecule has 0 radical (unpaired) electrons. The standard InChI is InChI=1S/C16H15NO4/c1-20-14-9-8-13(16(11-14)21-2)10-15(17(18)19)12-6-4-3-5-7-12/h3-11H,1-2H3/b15-10-. The molecule has 0 bridgehead atoms. The highest BCUT2D eigenvalue weighted by Gasteiger charge is 2.15. The summed E-state index contributed by atoms with van der Waals surface area (Å²) < 4.78 is 10.4. The molecule has 0 saturated carbocycles. The first kappa shape index (κ1) is 14.6. The van der Waals surface area contributed by atoms with Crippen molar-refractivity contribution in [3.8, 4) is 11.5 Å². The van der Waals surface area contributed by atoms with Gasteiger partial charge in [-0.1, -0.05) is 18.2 Å². The zero-order valence-corrected chi connectivity index (χ0v) is 11.8. The second kappa shape index (κ2) is 6.56. The molecule has 0 aliphatic rings. The van der Waals surface area contributed by atoms with Gasteiger partial charge in [0.2, 0.25) is 0 Å². The molecule has 5 nitrogen and oxygen atoms in total. The van der Waals surface area contributed by atoms with Gasteiger partial charge in [0.05, 0.1) is 24.7 Å². The normalized spacial score (nSPS) is 11.0. The molecule has 0 unspecified atom stereocenters. The topological polar surface area (TPSA) is 61.6 Å². The van der Waals surface area contributed by atoms with E-state index in [1.54, 1.807) is 49.6 Å². The number of benzene rings is 2. The molecular formula is C16H15NO4. The van der Waals surface area contributed by atoms with Crippen LogP contribution in [0.4, 0.5) is 0 Å². The van der Waals surface area contributed by atoms with Crippen molar-refractivity contribution in [2.24, 2.45) is 0 Å². The Morgan fingerprint density at radius 2 is 1.81 bits per heavy atom. The molecule has 21 heavy (non-hydrogen) atoms. The van der Waals surface area contributed by atoms with E-state index in [0.29, 0.717) is 22.6 Å². The summed E-state index contributed by atoms with van der Waals surface area (Å²) in [6, 6.07) is 13.9. The van der Waals surface area contributed by atoms with Crippen molar-refractivity contribution in [2.45, 2.75) is 0 Å². The van der Waals surface area contributed by atoms with Crippen molar-refractivity contribution in [1.29, 1.82) is 0 Å². The van der Waals surface area contributed by atoms with Crippen LogP contribution in [0, 0.1) is 10.1 Å². The zero-order valence-electron chi connectivity index (χ0n) is 11.8. The van der Waals surface area contributed by atoms with Crippen molar-refractivity contribution >= 4 is 11.8 Å². The van der Waals surface area contributed by atoms with Crippen molar-refractivity contribution in [2.75, 3.05) is 14.2 Å². The summed E-state index contributed by atoms with van der Waals surface area (Å²) in [4.78, 5) is 10.9. The van der Waals surface area contributed by atoms with Crippen LogP contribution in [0.5, 0.6) is 11.5 Å². The van der Waals surface area contributed by atoms with Crippen molar-refractivity contribution in [3.63, 3.8) is 0 Å². The van der Waals surface area contributed by atoms with Crippen molar-refractivity contribution in [3.05, 3.63) is 69.8 Å². The van der Waals surface area contributed by atoms with Crippen LogP contribution in [0.3, 0.4) is 0 Å². The van der Waals surface area contributed by atoms with Gasteiger partial charge >= 0.3 is 0 Å². The number of methoxy groups -OCH3 is 2. The molecule has 0 aliphatic carbocycles. The SMILES string of the molecule is COc1ccc(/C=C(/c2ccccc2)[N+](=O)[O-])c(OC)c1. The van der Waals surface area contributed by atoms with Crippen LogP contribution in [0.15, 0.2) is 48.5 Å². The van der Waals surface area contributed by atoms with E-state index in [0.717, 1.165) is 0 Å². The van der Waals surface area contributed by atoms with E-state index in [2.05, 4.69) is 0 Å². The lowest BCUT2D eigenvalue weighted by atomic mass is 10.1. The summed E-state index contributed by atoms with van der Waals surface area (Å²) in [6.45, 7) is 0. The number of rotatable bonds is 5. The third kappa shape index (κ3) is 3.39. The van der Waals surface area contributed by atoms with Gasteiger partial charge in [-0.3, -0.25) is 10.1 Å². The van der Waals surface area contributed by atoms with E-state index in [1.165, 1.54) is 13.2 Å². The van der Waals surface area contributed by atoms with Gasteiger partial charge in [-0.15, -0.1) is 0 Å². The van der Waals surface area contributed by atoms with Crippen LogP contribution in [0.25, 0.3) is 11.8 Å². The van der Waals surface area contributed by atoms with Gasteiger partial charge < -0.3 is 9.47 Å². The second-order valence-electron chi connectivity index (χ2n) is 4.26. The summed E-state index contributed by atoms with van der Waals surface area (Å²) in [5, 5.41) is 11.3. The quantitative estimate of drug-likeness (QED) is 0.479. The predicted molar refractivity (Wildman–Crippen MR) is 80.9 cm³/mol. The van der Waals surface area contributed by atoms with Crippen LogP contribution in [-0.4, -0.2) is 19.1 Å². The van der Waals surface area contributed by atoms with Crippen LogP contribution in [0.2, 0.25) is 0 Å². The fraction of sp³-hybridized carbons (Fsp3) is 0.125. The minimum absolute atomic E-state index is 0.0130. The Balaban J connectivity index is 2.51. The van der Waals surface area contributed by atoms with E-state index >= 15 is 0 Å². The largest absolute Gasteiger partial charge is 0.497 e. The minimum atomic E-state index is -0.404. The highest BCUT2D eigenvalue weighted by Crippen LogP contribution is 2.28. The molecular weight excluding hydrogens is 270 g/mol.